The molecule has 0 aliphatic heterocycles. The topological polar surface area (TPSA) is 105 Å². The number of carbonyl (C=O) groups is 3. The molecule has 0 aliphatic carbocycles. The Hall–Kier alpha value is -1.63. The summed E-state index contributed by atoms with van der Waals surface area (Å²) in [5, 5.41) is 13.5. The fourth-order valence-corrected chi connectivity index (χ4v) is 1.04. The van der Waals surface area contributed by atoms with E-state index >= 15 is 0 Å². The van der Waals surface area contributed by atoms with E-state index in [4.69, 9.17) is 9.84 Å². The van der Waals surface area contributed by atoms with Crippen LogP contribution < -0.4 is 10.6 Å². The quantitative estimate of drug-likeness (QED) is 0.555. The van der Waals surface area contributed by atoms with Crippen LogP contribution in [0.4, 0.5) is 0 Å². The first-order chi connectivity index (χ1) is 8.64. The minimum atomic E-state index is -1.06. The Morgan fingerprint density at radius 2 is 1.84 bits per heavy atom. The van der Waals surface area contributed by atoms with Crippen molar-refractivity contribution in [2.45, 2.75) is 33.7 Å². The molecule has 7 nitrogen and oxygen atoms in total. The minimum Gasteiger partial charge on any atom is -0.480 e. The maximum atomic E-state index is 11.6. The molecule has 19 heavy (non-hydrogen) atoms. The summed E-state index contributed by atoms with van der Waals surface area (Å²) in [5.41, 5.74) is -0.556. The number of hydrogen-bond acceptors (Lipinski definition) is 4. The normalized spacial score (nSPS) is 12.6. The van der Waals surface area contributed by atoms with Gasteiger partial charge in [-0.05, 0) is 6.92 Å². The highest BCUT2D eigenvalue weighted by molar-refractivity contribution is 5.89. The third-order valence-electron chi connectivity index (χ3n) is 2.19. The molecular formula is C12H22N2O5. The number of ether oxygens (including phenoxy) is 1. The van der Waals surface area contributed by atoms with Gasteiger partial charge < -0.3 is 20.5 Å². The van der Waals surface area contributed by atoms with Crippen LogP contribution in [-0.2, 0) is 19.1 Å². The van der Waals surface area contributed by atoms with Crippen molar-refractivity contribution < 1.29 is 24.2 Å². The second-order valence-corrected chi connectivity index (χ2v) is 5.18. The number of carboxylic acids is 1. The summed E-state index contributed by atoms with van der Waals surface area (Å²) in [7, 11) is 0. The van der Waals surface area contributed by atoms with E-state index in [2.05, 4.69) is 10.6 Å². The lowest BCUT2D eigenvalue weighted by atomic mass is 9.95. The summed E-state index contributed by atoms with van der Waals surface area (Å²) in [6.45, 7) is 6.76. The lowest BCUT2D eigenvalue weighted by Crippen LogP contribution is -2.48. The standard InChI is InChI=1S/C12H22N2O5/c1-8(14-11(18)12(2,3)4)10(17)13-5-6-19-7-9(15)16/h8H,5-7H2,1-4H3,(H,13,17)(H,14,18)(H,15,16). The van der Waals surface area contributed by atoms with Crippen LogP contribution in [0.15, 0.2) is 0 Å². The van der Waals surface area contributed by atoms with Gasteiger partial charge in [-0.25, -0.2) is 4.79 Å². The van der Waals surface area contributed by atoms with Crippen molar-refractivity contribution in [1.82, 2.24) is 10.6 Å². The molecule has 0 bridgehead atoms. The Kier molecular flexibility index (Phi) is 7.06. The highest BCUT2D eigenvalue weighted by atomic mass is 16.5. The van der Waals surface area contributed by atoms with Crippen LogP contribution in [0.2, 0.25) is 0 Å². The van der Waals surface area contributed by atoms with Crippen molar-refractivity contribution in [2.24, 2.45) is 5.41 Å². The molecule has 3 N–H and O–H groups in total. The monoisotopic (exact) mass is 274 g/mol. The third-order valence-corrected chi connectivity index (χ3v) is 2.19. The Labute approximate surface area is 112 Å². The fraction of sp³-hybridized carbons (Fsp3) is 0.750. The predicted octanol–water partition coefficient (Wildman–Crippen LogP) is -0.245. The zero-order chi connectivity index (χ0) is 15.1. The van der Waals surface area contributed by atoms with Crippen LogP contribution in [0.25, 0.3) is 0 Å². The summed E-state index contributed by atoms with van der Waals surface area (Å²) < 4.78 is 4.76. The third kappa shape index (κ3) is 8.15. The lowest BCUT2D eigenvalue weighted by Gasteiger charge is -2.21. The van der Waals surface area contributed by atoms with E-state index in [0.717, 1.165) is 0 Å². The molecule has 110 valence electrons. The van der Waals surface area contributed by atoms with E-state index in [-0.39, 0.29) is 25.0 Å². The van der Waals surface area contributed by atoms with Crippen molar-refractivity contribution in [1.29, 1.82) is 0 Å². The molecule has 0 spiro atoms. The predicted molar refractivity (Wildman–Crippen MR) is 68.5 cm³/mol. The smallest absolute Gasteiger partial charge is 0.329 e. The van der Waals surface area contributed by atoms with Gasteiger partial charge in [-0.15, -0.1) is 0 Å². The number of carbonyl (C=O) groups excluding carboxylic acids is 2. The van der Waals surface area contributed by atoms with Crippen molar-refractivity contribution in [3.8, 4) is 0 Å². The van der Waals surface area contributed by atoms with E-state index in [0.29, 0.717) is 0 Å². The van der Waals surface area contributed by atoms with Gasteiger partial charge in [-0.2, -0.15) is 0 Å². The van der Waals surface area contributed by atoms with E-state index in [1.54, 1.807) is 27.7 Å². The molecule has 0 aliphatic rings. The summed E-state index contributed by atoms with van der Waals surface area (Å²) >= 11 is 0. The van der Waals surface area contributed by atoms with Gasteiger partial charge in [-0.1, -0.05) is 20.8 Å². The average molecular weight is 274 g/mol. The molecule has 2 amide bonds. The molecular weight excluding hydrogens is 252 g/mol. The first kappa shape index (κ1) is 17.4. The van der Waals surface area contributed by atoms with Gasteiger partial charge in [-0.3, -0.25) is 9.59 Å². The van der Waals surface area contributed by atoms with E-state index in [1.165, 1.54) is 0 Å². The molecule has 0 saturated heterocycles. The van der Waals surface area contributed by atoms with Crippen molar-refractivity contribution in [2.75, 3.05) is 19.8 Å². The maximum absolute atomic E-state index is 11.6. The van der Waals surface area contributed by atoms with E-state index in [9.17, 15) is 14.4 Å². The van der Waals surface area contributed by atoms with Gasteiger partial charge in [0, 0.05) is 12.0 Å². The molecule has 7 heteroatoms. The van der Waals surface area contributed by atoms with Gasteiger partial charge in [0.2, 0.25) is 11.8 Å². The van der Waals surface area contributed by atoms with E-state index < -0.39 is 24.0 Å². The highest BCUT2D eigenvalue weighted by Crippen LogP contribution is 2.12. The van der Waals surface area contributed by atoms with Gasteiger partial charge in [0.05, 0.1) is 6.61 Å². The average Bonchev–Trinajstić information content (AvgIpc) is 2.26. The zero-order valence-corrected chi connectivity index (χ0v) is 11.8. The summed E-state index contributed by atoms with van der Waals surface area (Å²) in [4.78, 5) is 33.4. The first-order valence-corrected chi connectivity index (χ1v) is 6.03. The van der Waals surface area contributed by atoms with Crippen molar-refractivity contribution in [3.05, 3.63) is 0 Å². The first-order valence-electron chi connectivity index (χ1n) is 6.03. The molecule has 0 heterocycles. The second kappa shape index (κ2) is 7.73. The minimum absolute atomic E-state index is 0.109. The Morgan fingerprint density at radius 1 is 1.26 bits per heavy atom. The maximum Gasteiger partial charge on any atom is 0.329 e. The zero-order valence-electron chi connectivity index (χ0n) is 11.8. The van der Waals surface area contributed by atoms with Gasteiger partial charge in [0.1, 0.15) is 12.6 Å². The van der Waals surface area contributed by atoms with Crippen LogP contribution in [-0.4, -0.2) is 48.7 Å². The summed E-state index contributed by atoms with van der Waals surface area (Å²) in [5.74, 6) is -1.61. The van der Waals surface area contributed by atoms with Crippen molar-refractivity contribution >= 4 is 17.8 Å². The number of rotatable bonds is 7. The Balaban J connectivity index is 3.89. The lowest BCUT2D eigenvalue weighted by molar-refractivity contribution is -0.142. The molecule has 0 aromatic rings. The molecule has 0 radical (unpaired) electrons. The van der Waals surface area contributed by atoms with Gasteiger partial charge >= 0.3 is 5.97 Å². The number of hydrogen-bond donors (Lipinski definition) is 3. The Bertz CT molecular complexity index is 336. The van der Waals surface area contributed by atoms with Crippen LogP contribution in [0.3, 0.4) is 0 Å². The van der Waals surface area contributed by atoms with Gasteiger partial charge in [0.25, 0.3) is 0 Å². The highest BCUT2D eigenvalue weighted by Gasteiger charge is 2.24. The molecule has 0 saturated carbocycles. The number of nitrogens with one attached hydrogen (secondary N) is 2. The van der Waals surface area contributed by atoms with Crippen LogP contribution >= 0.6 is 0 Å². The fourth-order valence-electron chi connectivity index (χ4n) is 1.04. The summed E-state index contributed by atoms with van der Waals surface area (Å²) in [6, 6.07) is -0.647. The molecule has 0 rings (SSSR count). The number of carboxylic acid groups (broad SMARTS) is 1. The largest absolute Gasteiger partial charge is 0.480 e. The molecule has 0 aromatic heterocycles. The molecule has 1 atom stereocenters. The number of amides is 2. The Morgan fingerprint density at radius 3 is 2.32 bits per heavy atom. The van der Waals surface area contributed by atoms with E-state index in [1.807, 2.05) is 0 Å². The van der Waals surface area contributed by atoms with Crippen LogP contribution in [0.5, 0.6) is 0 Å². The van der Waals surface area contributed by atoms with Crippen LogP contribution in [0.1, 0.15) is 27.7 Å². The molecule has 1 unspecified atom stereocenters. The second-order valence-electron chi connectivity index (χ2n) is 5.18. The number of aliphatic carboxylic acids is 1. The van der Waals surface area contributed by atoms with Gasteiger partial charge in [0.15, 0.2) is 0 Å². The summed E-state index contributed by atoms with van der Waals surface area (Å²) in [6.07, 6.45) is 0. The molecule has 0 aromatic carbocycles. The molecule has 0 fully saturated rings. The van der Waals surface area contributed by atoms with Crippen LogP contribution in [0, 0.1) is 5.41 Å². The van der Waals surface area contributed by atoms with Crippen molar-refractivity contribution in [3.63, 3.8) is 0 Å². The SMILES string of the molecule is CC(NC(=O)C(C)(C)C)C(=O)NCCOCC(=O)O.